The van der Waals surface area contributed by atoms with Crippen molar-refractivity contribution in [3.05, 3.63) is 51.7 Å². The van der Waals surface area contributed by atoms with E-state index in [9.17, 15) is 4.79 Å². The maximum Gasteiger partial charge on any atom is 0.255 e. The van der Waals surface area contributed by atoms with Gasteiger partial charge in [-0.2, -0.15) is 0 Å². The molecule has 1 amide bonds. The molecule has 0 fully saturated rings. The van der Waals surface area contributed by atoms with E-state index in [0.29, 0.717) is 28.5 Å². The van der Waals surface area contributed by atoms with Gasteiger partial charge in [-0.3, -0.25) is 4.79 Å². The zero-order chi connectivity index (χ0) is 17.1. The number of thiophene rings is 1. The Morgan fingerprint density at radius 1 is 1.08 bits per heavy atom. The Balaban J connectivity index is 2.01. The van der Waals surface area contributed by atoms with Gasteiger partial charge in [0.25, 0.3) is 5.91 Å². The van der Waals surface area contributed by atoms with Gasteiger partial charge in [-0.1, -0.05) is 6.07 Å². The van der Waals surface area contributed by atoms with Gasteiger partial charge < -0.3 is 19.5 Å². The molecular formula is C18H17NO4S. The lowest BCUT2D eigenvalue weighted by molar-refractivity contribution is -0.115. The number of amides is 1. The zero-order valence-corrected chi connectivity index (χ0v) is 14.4. The van der Waals surface area contributed by atoms with Crippen LogP contribution in [0.3, 0.4) is 0 Å². The lowest BCUT2D eigenvalue weighted by atomic mass is 10.1. The van der Waals surface area contributed by atoms with Crippen LogP contribution in [-0.2, 0) is 4.79 Å². The van der Waals surface area contributed by atoms with Crippen molar-refractivity contribution < 1.29 is 19.0 Å². The predicted octanol–water partition coefficient (Wildman–Crippen LogP) is 3.33. The quantitative estimate of drug-likeness (QED) is 0.846. The van der Waals surface area contributed by atoms with Crippen LogP contribution in [0.1, 0.15) is 10.4 Å². The van der Waals surface area contributed by atoms with Crippen LogP contribution in [0.15, 0.2) is 41.3 Å². The average Bonchev–Trinajstić information content (AvgIpc) is 3.24. The molecule has 0 saturated heterocycles. The normalized spacial score (nSPS) is 15.2. The molecule has 5 nitrogen and oxygen atoms in total. The monoisotopic (exact) mass is 343 g/mol. The highest BCUT2D eigenvalue weighted by atomic mass is 32.1. The van der Waals surface area contributed by atoms with Crippen LogP contribution in [0.5, 0.6) is 17.2 Å². The van der Waals surface area contributed by atoms with Gasteiger partial charge in [0.05, 0.1) is 21.3 Å². The third-order valence-electron chi connectivity index (χ3n) is 3.63. The first-order valence-electron chi connectivity index (χ1n) is 7.25. The minimum Gasteiger partial charge on any atom is -0.493 e. The summed E-state index contributed by atoms with van der Waals surface area (Å²) in [5, 5.41) is 4.85. The van der Waals surface area contributed by atoms with E-state index in [0.717, 1.165) is 10.4 Å². The number of nitrogens with one attached hydrogen (secondary N) is 1. The van der Waals surface area contributed by atoms with Crippen molar-refractivity contribution in [2.45, 2.75) is 0 Å². The van der Waals surface area contributed by atoms with Crippen molar-refractivity contribution in [2.24, 2.45) is 0 Å². The van der Waals surface area contributed by atoms with E-state index in [1.165, 1.54) is 0 Å². The first-order valence-corrected chi connectivity index (χ1v) is 8.13. The number of benzene rings is 1. The molecule has 6 heteroatoms. The molecule has 0 atom stereocenters. The molecule has 1 N–H and O–H groups in total. The second-order valence-electron chi connectivity index (χ2n) is 5.04. The van der Waals surface area contributed by atoms with Gasteiger partial charge in [0.2, 0.25) is 5.75 Å². The standard InChI is InChI=1S/C18H17NO4S/c1-21-15-9-11(10-16(22-2)17(15)23-3)14-8-12(18(20)19-14)7-13-5-4-6-24-13/h4-10H,1-3H3,(H,19,20). The fourth-order valence-corrected chi connectivity index (χ4v) is 3.14. The topological polar surface area (TPSA) is 56.8 Å². The summed E-state index contributed by atoms with van der Waals surface area (Å²) in [5.41, 5.74) is 2.09. The lowest BCUT2D eigenvalue weighted by Crippen LogP contribution is -2.15. The van der Waals surface area contributed by atoms with Crippen molar-refractivity contribution in [3.8, 4) is 17.2 Å². The second kappa shape index (κ2) is 6.80. The molecule has 1 aromatic heterocycles. The second-order valence-corrected chi connectivity index (χ2v) is 6.02. The third-order valence-corrected chi connectivity index (χ3v) is 4.45. The Morgan fingerprint density at radius 3 is 2.33 bits per heavy atom. The molecule has 1 aliphatic heterocycles. The first kappa shape index (κ1) is 16.1. The fraction of sp³-hybridized carbons (Fsp3) is 0.167. The summed E-state index contributed by atoms with van der Waals surface area (Å²) in [6, 6.07) is 7.53. The van der Waals surface area contributed by atoms with Gasteiger partial charge >= 0.3 is 0 Å². The number of rotatable bonds is 5. The third kappa shape index (κ3) is 3.00. The lowest BCUT2D eigenvalue weighted by Gasteiger charge is -2.14. The van der Waals surface area contributed by atoms with Crippen LogP contribution >= 0.6 is 11.3 Å². The van der Waals surface area contributed by atoms with Crippen molar-refractivity contribution in [1.82, 2.24) is 5.32 Å². The summed E-state index contributed by atoms with van der Waals surface area (Å²) in [6.07, 6.45) is 3.69. The van der Waals surface area contributed by atoms with Crippen LogP contribution in [-0.4, -0.2) is 27.2 Å². The number of carbonyl (C=O) groups excluding carboxylic acids is 1. The number of methoxy groups -OCH3 is 3. The molecular weight excluding hydrogens is 326 g/mol. The van der Waals surface area contributed by atoms with Crippen LogP contribution in [0.25, 0.3) is 11.8 Å². The van der Waals surface area contributed by atoms with Crippen LogP contribution in [0.4, 0.5) is 0 Å². The molecule has 1 aromatic carbocycles. The number of ether oxygens (including phenoxy) is 3. The first-order chi connectivity index (χ1) is 11.7. The Hall–Kier alpha value is -2.73. The minimum absolute atomic E-state index is 0.132. The van der Waals surface area contributed by atoms with E-state index >= 15 is 0 Å². The molecule has 0 unspecified atom stereocenters. The Kier molecular flexibility index (Phi) is 4.57. The van der Waals surface area contributed by atoms with Gasteiger partial charge in [-0.25, -0.2) is 0 Å². The van der Waals surface area contributed by atoms with Crippen LogP contribution in [0.2, 0.25) is 0 Å². The number of carbonyl (C=O) groups is 1. The fourth-order valence-electron chi connectivity index (χ4n) is 2.48. The molecule has 24 heavy (non-hydrogen) atoms. The van der Waals surface area contributed by atoms with E-state index in [1.54, 1.807) is 32.7 Å². The summed E-state index contributed by atoms with van der Waals surface area (Å²) >= 11 is 1.58. The summed E-state index contributed by atoms with van der Waals surface area (Å²) in [5.74, 6) is 1.46. The highest BCUT2D eigenvalue weighted by Crippen LogP contribution is 2.40. The molecule has 2 heterocycles. The molecule has 0 saturated carbocycles. The summed E-state index contributed by atoms with van der Waals surface area (Å²) < 4.78 is 16.0. The molecule has 124 valence electrons. The Labute approximate surface area is 144 Å². The van der Waals surface area contributed by atoms with Gasteiger partial charge in [0, 0.05) is 21.7 Å². The summed E-state index contributed by atoms with van der Waals surface area (Å²) in [4.78, 5) is 13.2. The van der Waals surface area contributed by atoms with Crippen LogP contribution in [0, 0.1) is 0 Å². The van der Waals surface area contributed by atoms with Crippen LogP contribution < -0.4 is 19.5 Å². The van der Waals surface area contributed by atoms with Gasteiger partial charge in [0.15, 0.2) is 11.5 Å². The van der Waals surface area contributed by atoms with E-state index in [2.05, 4.69) is 5.32 Å². The Bertz CT molecular complexity index is 797. The molecule has 0 aliphatic carbocycles. The molecule has 3 rings (SSSR count). The zero-order valence-electron chi connectivity index (χ0n) is 13.6. The largest absolute Gasteiger partial charge is 0.493 e. The predicted molar refractivity (Wildman–Crippen MR) is 94.5 cm³/mol. The van der Waals surface area contributed by atoms with Crippen molar-refractivity contribution in [3.63, 3.8) is 0 Å². The maximum atomic E-state index is 12.2. The highest BCUT2D eigenvalue weighted by Gasteiger charge is 2.22. The summed E-state index contributed by atoms with van der Waals surface area (Å²) in [6.45, 7) is 0. The van der Waals surface area contributed by atoms with Crippen molar-refractivity contribution >= 4 is 29.0 Å². The summed E-state index contributed by atoms with van der Waals surface area (Å²) in [7, 11) is 4.67. The van der Waals surface area contributed by atoms with E-state index in [4.69, 9.17) is 14.2 Å². The van der Waals surface area contributed by atoms with Crippen molar-refractivity contribution in [1.29, 1.82) is 0 Å². The van der Waals surface area contributed by atoms with E-state index < -0.39 is 0 Å². The molecule has 2 aromatic rings. The molecule has 0 radical (unpaired) electrons. The SMILES string of the molecule is COc1cc(C2=CC(=Cc3cccs3)C(=O)N2)cc(OC)c1OC. The van der Waals surface area contributed by atoms with Crippen molar-refractivity contribution in [2.75, 3.05) is 21.3 Å². The number of hydrogen-bond donors (Lipinski definition) is 1. The van der Waals surface area contributed by atoms with Gasteiger partial charge in [0.1, 0.15) is 0 Å². The van der Waals surface area contributed by atoms with Gasteiger partial charge in [-0.15, -0.1) is 11.3 Å². The highest BCUT2D eigenvalue weighted by molar-refractivity contribution is 7.10. The number of hydrogen-bond acceptors (Lipinski definition) is 5. The molecule has 0 spiro atoms. The Morgan fingerprint density at radius 2 is 1.79 bits per heavy atom. The van der Waals surface area contributed by atoms with E-state index in [-0.39, 0.29) is 5.91 Å². The molecule has 1 aliphatic rings. The molecule has 0 bridgehead atoms. The average molecular weight is 343 g/mol. The van der Waals surface area contributed by atoms with E-state index in [1.807, 2.05) is 41.8 Å². The maximum absolute atomic E-state index is 12.2. The smallest absolute Gasteiger partial charge is 0.255 e. The van der Waals surface area contributed by atoms with Gasteiger partial charge in [-0.05, 0) is 35.7 Å². The minimum atomic E-state index is -0.132.